The van der Waals surface area contributed by atoms with E-state index in [1.807, 2.05) is 4.90 Å². The first-order valence-electron chi connectivity index (χ1n) is 13.0. The Hall–Kier alpha value is -4.36. The Morgan fingerprint density at radius 2 is 1.95 bits per heavy atom. The summed E-state index contributed by atoms with van der Waals surface area (Å²) in [5.41, 5.74) is 11.9. The van der Waals surface area contributed by atoms with Gasteiger partial charge in [-0.15, -0.1) is 0 Å². The van der Waals surface area contributed by atoms with Crippen LogP contribution >= 0.6 is 0 Å². The predicted molar refractivity (Wildman–Crippen MR) is 142 cm³/mol. The Labute approximate surface area is 222 Å². The van der Waals surface area contributed by atoms with E-state index in [2.05, 4.69) is 26.5 Å². The lowest BCUT2D eigenvalue weighted by molar-refractivity contribution is -0.427. The van der Waals surface area contributed by atoms with Crippen molar-refractivity contribution in [3.05, 3.63) is 46.6 Å². The fraction of sp³-hybridized carbons (Fsp3) is 0.385. The van der Waals surface area contributed by atoms with Crippen molar-refractivity contribution in [1.29, 1.82) is 0 Å². The molecule has 1 amide bonds. The Bertz CT molecular complexity index is 1550. The lowest BCUT2D eigenvalue weighted by atomic mass is 9.91. The van der Waals surface area contributed by atoms with Crippen LogP contribution in [0.3, 0.4) is 0 Å². The minimum absolute atomic E-state index is 0.0585. The number of anilines is 4. The zero-order chi connectivity index (χ0) is 26.9. The molecule has 13 heteroatoms. The summed E-state index contributed by atoms with van der Waals surface area (Å²) in [5.74, 6) is -0.0146. The highest BCUT2D eigenvalue weighted by Gasteiger charge is 2.26. The van der Waals surface area contributed by atoms with Gasteiger partial charge in [-0.25, -0.2) is 4.98 Å². The molecular formula is C26H30N7O6+. The second-order valence-electron chi connectivity index (χ2n) is 9.84. The number of nitrogens with zero attached hydrogens (tertiary/aromatic N) is 3. The lowest BCUT2D eigenvalue weighted by Gasteiger charge is -2.27. The van der Waals surface area contributed by atoms with Crippen molar-refractivity contribution in [2.45, 2.75) is 37.8 Å². The number of quaternary nitrogens is 1. The number of morpholine rings is 1. The molecule has 0 unspecified atom stereocenters. The number of fused-ring (bicyclic) bond motifs is 1. The van der Waals surface area contributed by atoms with Crippen LogP contribution in [0.5, 0.6) is 0 Å². The number of nitrogens with two attached hydrogens (primary N) is 1. The fourth-order valence-electron chi connectivity index (χ4n) is 5.09. The number of aromatic nitrogens is 2. The van der Waals surface area contributed by atoms with Gasteiger partial charge in [-0.05, 0) is 18.9 Å². The number of carbonyl (C=O) groups is 1. The van der Waals surface area contributed by atoms with Crippen molar-refractivity contribution in [2.24, 2.45) is 5.73 Å². The van der Waals surface area contributed by atoms with E-state index >= 15 is 0 Å². The van der Waals surface area contributed by atoms with E-state index < -0.39 is 5.91 Å². The SMILES string of the molecule is NC(=O)c1ncc(N[C@H]2CCCC[C@H]2[NH3+])cc1Nc1cc(-c2coc3c(=O)cc(N4CCOCC4)oc23)no1. The zero-order valence-corrected chi connectivity index (χ0v) is 21.3. The van der Waals surface area contributed by atoms with E-state index in [-0.39, 0.29) is 40.3 Å². The molecule has 0 spiro atoms. The van der Waals surface area contributed by atoms with Crippen molar-refractivity contribution in [3.8, 4) is 11.3 Å². The molecule has 4 aromatic heterocycles. The molecule has 39 heavy (non-hydrogen) atoms. The summed E-state index contributed by atoms with van der Waals surface area (Å²) in [6.45, 7) is 2.32. The van der Waals surface area contributed by atoms with E-state index in [9.17, 15) is 9.59 Å². The summed E-state index contributed by atoms with van der Waals surface area (Å²) in [4.78, 5) is 31.0. The van der Waals surface area contributed by atoms with Gasteiger partial charge in [-0.3, -0.25) is 9.59 Å². The Kier molecular flexibility index (Phi) is 6.67. The van der Waals surface area contributed by atoms with Crippen LogP contribution in [0.1, 0.15) is 36.2 Å². The summed E-state index contributed by atoms with van der Waals surface area (Å²) in [6, 6.07) is 5.30. The van der Waals surface area contributed by atoms with Crippen LogP contribution in [-0.4, -0.2) is 54.4 Å². The van der Waals surface area contributed by atoms with Crippen LogP contribution in [-0.2, 0) is 4.74 Å². The molecule has 1 saturated heterocycles. The third-order valence-corrected chi connectivity index (χ3v) is 7.18. The first-order chi connectivity index (χ1) is 19.0. The van der Waals surface area contributed by atoms with Crippen LogP contribution in [0.4, 0.5) is 23.1 Å². The average Bonchev–Trinajstić information content (AvgIpc) is 3.58. The number of ether oxygens (including phenoxy) is 1. The quantitative estimate of drug-likeness (QED) is 0.270. The standard InChI is InChI=1S/C26H29N7O6/c27-16-3-1-2-4-17(16)30-14-9-19(23(26(28)35)29-12-14)31-21-10-18(32-39-21)15-13-37-25-20(34)11-22(38-24(15)25)33-5-7-36-8-6-33/h9-13,16-17,30-31H,1-8,27H2,(H2,28,35)/p+1/t16-,17+/m1/s1. The highest BCUT2D eigenvalue weighted by molar-refractivity contribution is 5.97. The highest BCUT2D eigenvalue weighted by atomic mass is 16.5. The molecule has 2 fully saturated rings. The molecule has 0 radical (unpaired) electrons. The molecule has 2 atom stereocenters. The van der Waals surface area contributed by atoms with Crippen LogP contribution in [0.2, 0.25) is 0 Å². The van der Waals surface area contributed by atoms with Crippen molar-refractivity contribution in [2.75, 3.05) is 41.8 Å². The Morgan fingerprint density at radius 3 is 2.74 bits per heavy atom. The number of hydrogen-bond donors (Lipinski definition) is 4. The number of amides is 1. The molecule has 13 nitrogen and oxygen atoms in total. The second-order valence-corrected chi connectivity index (χ2v) is 9.84. The summed E-state index contributed by atoms with van der Waals surface area (Å²) in [7, 11) is 0. The van der Waals surface area contributed by atoms with E-state index in [0.717, 1.165) is 24.9 Å². The lowest BCUT2D eigenvalue weighted by Crippen LogP contribution is -2.68. The van der Waals surface area contributed by atoms with Crippen LogP contribution < -0.4 is 32.4 Å². The Balaban J connectivity index is 1.28. The van der Waals surface area contributed by atoms with Gasteiger partial charge < -0.3 is 45.1 Å². The maximum absolute atomic E-state index is 12.7. The summed E-state index contributed by atoms with van der Waals surface area (Å²) >= 11 is 0. The van der Waals surface area contributed by atoms with Gasteiger partial charge in [-0.1, -0.05) is 11.6 Å². The topological polar surface area (TPSA) is 190 Å². The first kappa shape index (κ1) is 24.9. The number of pyridine rings is 1. The van der Waals surface area contributed by atoms with Gasteiger partial charge in [0.1, 0.15) is 18.0 Å². The number of rotatable bonds is 7. The van der Waals surface area contributed by atoms with Crippen molar-refractivity contribution in [1.82, 2.24) is 10.1 Å². The van der Waals surface area contributed by atoms with E-state index in [4.69, 9.17) is 23.8 Å². The molecule has 0 aromatic carbocycles. The largest absolute Gasteiger partial charge is 0.456 e. The Morgan fingerprint density at radius 1 is 1.13 bits per heavy atom. The van der Waals surface area contributed by atoms with E-state index in [1.54, 1.807) is 18.3 Å². The molecule has 0 bridgehead atoms. The van der Waals surface area contributed by atoms with Crippen LogP contribution in [0.15, 0.2) is 48.8 Å². The highest BCUT2D eigenvalue weighted by Crippen LogP contribution is 2.33. The molecule has 2 aliphatic rings. The predicted octanol–water partition coefficient (Wildman–Crippen LogP) is 2.08. The molecular weight excluding hydrogens is 506 g/mol. The molecule has 1 saturated carbocycles. The van der Waals surface area contributed by atoms with Crippen molar-refractivity contribution in [3.63, 3.8) is 0 Å². The number of nitrogens with one attached hydrogen (secondary N) is 2. The van der Waals surface area contributed by atoms with Gasteiger partial charge in [-0.2, -0.15) is 0 Å². The smallest absolute Gasteiger partial charge is 0.269 e. The van der Waals surface area contributed by atoms with Gasteiger partial charge >= 0.3 is 0 Å². The van der Waals surface area contributed by atoms with Gasteiger partial charge in [0.25, 0.3) is 5.91 Å². The molecule has 5 heterocycles. The van der Waals surface area contributed by atoms with Gasteiger partial charge in [0.05, 0.1) is 48.5 Å². The van der Waals surface area contributed by atoms with Crippen LogP contribution in [0, 0.1) is 0 Å². The number of furan rings is 1. The zero-order valence-electron chi connectivity index (χ0n) is 21.3. The van der Waals surface area contributed by atoms with Crippen molar-refractivity contribution < 1.29 is 28.6 Å². The van der Waals surface area contributed by atoms with Gasteiger partial charge in [0.2, 0.25) is 16.9 Å². The average molecular weight is 537 g/mol. The summed E-state index contributed by atoms with van der Waals surface area (Å²) in [6.07, 6.45) is 7.38. The fourth-order valence-corrected chi connectivity index (χ4v) is 5.09. The van der Waals surface area contributed by atoms with E-state index in [1.165, 1.54) is 18.8 Å². The monoisotopic (exact) mass is 536 g/mol. The molecule has 1 aliphatic carbocycles. The number of carbonyl (C=O) groups excluding carboxylic acids is 1. The van der Waals surface area contributed by atoms with Crippen molar-refractivity contribution >= 4 is 40.2 Å². The minimum atomic E-state index is -0.685. The first-order valence-corrected chi connectivity index (χ1v) is 13.0. The normalized spacial score (nSPS) is 19.8. The summed E-state index contributed by atoms with van der Waals surface area (Å²) in [5, 5.41) is 10.7. The molecule has 1 aliphatic heterocycles. The summed E-state index contributed by atoms with van der Waals surface area (Å²) < 4.78 is 22.5. The third kappa shape index (κ3) is 5.05. The maximum atomic E-state index is 12.7. The maximum Gasteiger partial charge on any atom is 0.269 e. The molecule has 7 N–H and O–H groups in total. The number of primary amides is 1. The third-order valence-electron chi connectivity index (χ3n) is 7.18. The molecule has 204 valence electrons. The second kappa shape index (κ2) is 10.4. The number of hydrogen-bond acceptors (Lipinski definition) is 11. The van der Waals surface area contributed by atoms with Gasteiger partial charge in [0, 0.05) is 25.6 Å². The molecule has 4 aromatic rings. The minimum Gasteiger partial charge on any atom is -0.456 e. The van der Waals surface area contributed by atoms with Gasteiger partial charge in [0.15, 0.2) is 17.2 Å². The van der Waals surface area contributed by atoms with E-state index in [0.29, 0.717) is 49.1 Å². The molecule has 6 rings (SSSR count). The van der Waals surface area contributed by atoms with Crippen LogP contribution in [0.25, 0.3) is 22.4 Å².